The summed E-state index contributed by atoms with van der Waals surface area (Å²) in [6.07, 6.45) is 4.86. The van der Waals surface area contributed by atoms with E-state index in [9.17, 15) is 9.59 Å². The molecule has 1 heterocycles. The molecule has 7 nitrogen and oxygen atoms in total. The number of rotatable bonds is 6. The predicted octanol–water partition coefficient (Wildman–Crippen LogP) is 3.58. The number of benzene rings is 2. The van der Waals surface area contributed by atoms with Gasteiger partial charge in [-0.2, -0.15) is 0 Å². The van der Waals surface area contributed by atoms with Crippen LogP contribution in [0, 0.1) is 0 Å². The van der Waals surface area contributed by atoms with Gasteiger partial charge in [-0.3, -0.25) is 9.59 Å². The molecule has 3 rings (SSSR count). The normalized spacial score (nSPS) is 10.8. The molecular formula is C21H21N5O2. The van der Waals surface area contributed by atoms with Gasteiger partial charge in [-0.1, -0.05) is 24.3 Å². The molecule has 0 aliphatic heterocycles. The van der Waals surface area contributed by atoms with Crippen molar-refractivity contribution in [2.45, 2.75) is 20.4 Å². The number of nitrogens with zero attached hydrogens (tertiary/aromatic N) is 3. The summed E-state index contributed by atoms with van der Waals surface area (Å²) in [6, 6.07) is 14.7. The van der Waals surface area contributed by atoms with E-state index < -0.39 is 0 Å². The van der Waals surface area contributed by atoms with Crippen LogP contribution in [0.3, 0.4) is 0 Å². The van der Waals surface area contributed by atoms with Crippen LogP contribution in [0.15, 0.2) is 60.9 Å². The fraction of sp³-hybridized carbons (Fsp3) is 0.143. The molecule has 0 fully saturated rings. The second-order valence-corrected chi connectivity index (χ2v) is 6.15. The fourth-order valence-corrected chi connectivity index (χ4v) is 2.68. The summed E-state index contributed by atoms with van der Waals surface area (Å²) in [5.41, 5.74) is 3.13. The molecule has 0 saturated carbocycles. The predicted molar refractivity (Wildman–Crippen MR) is 110 cm³/mol. The van der Waals surface area contributed by atoms with E-state index in [1.807, 2.05) is 47.9 Å². The molecule has 2 aromatic carbocycles. The van der Waals surface area contributed by atoms with E-state index in [1.165, 1.54) is 13.0 Å². The van der Waals surface area contributed by atoms with Crippen molar-refractivity contribution < 1.29 is 9.59 Å². The second-order valence-electron chi connectivity index (χ2n) is 6.15. The highest BCUT2D eigenvalue weighted by molar-refractivity contribution is 6.02. The van der Waals surface area contributed by atoms with Gasteiger partial charge < -0.3 is 15.2 Å². The molecule has 1 aromatic heterocycles. The number of carbonyl (C=O) groups excluding carboxylic acids is 2. The number of aromatic nitrogens is 3. The van der Waals surface area contributed by atoms with Gasteiger partial charge in [0.2, 0.25) is 11.8 Å². The molecule has 0 aliphatic rings. The first-order valence-electron chi connectivity index (χ1n) is 8.90. The molecule has 0 aliphatic carbocycles. The highest BCUT2D eigenvalue weighted by Crippen LogP contribution is 2.21. The van der Waals surface area contributed by atoms with Gasteiger partial charge in [-0.25, -0.2) is 0 Å². The third-order valence-electron chi connectivity index (χ3n) is 4.00. The molecule has 142 valence electrons. The molecule has 3 aromatic rings. The highest BCUT2D eigenvalue weighted by Gasteiger charge is 2.07. The maximum absolute atomic E-state index is 12.2. The summed E-state index contributed by atoms with van der Waals surface area (Å²) >= 11 is 0. The lowest BCUT2D eigenvalue weighted by molar-refractivity contribution is -0.114. The van der Waals surface area contributed by atoms with E-state index in [4.69, 9.17) is 0 Å². The Hall–Kier alpha value is -3.74. The minimum absolute atomic E-state index is 0.123. The Morgan fingerprint density at radius 1 is 1.07 bits per heavy atom. The summed E-state index contributed by atoms with van der Waals surface area (Å²) in [6.45, 7) is 4.24. The van der Waals surface area contributed by atoms with Gasteiger partial charge in [-0.15, -0.1) is 10.2 Å². The number of carbonyl (C=O) groups is 2. The summed E-state index contributed by atoms with van der Waals surface area (Å²) in [5, 5.41) is 13.6. The van der Waals surface area contributed by atoms with Gasteiger partial charge in [0.1, 0.15) is 6.33 Å². The molecule has 28 heavy (non-hydrogen) atoms. The average Bonchev–Trinajstić information content (AvgIpc) is 3.16. The van der Waals surface area contributed by atoms with E-state index in [-0.39, 0.29) is 11.8 Å². The molecule has 0 spiro atoms. The van der Waals surface area contributed by atoms with Gasteiger partial charge in [0.05, 0.1) is 0 Å². The van der Waals surface area contributed by atoms with Gasteiger partial charge in [0.15, 0.2) is 5.82 Å². The first kappa shape index (κ1) is 19.0. The number of nitrogens with one attached hydrogen (secondary N) is 2. The van der Waals surface area contributed by atoms with Gasteiger partial charge in [-0.05, 0) is 42.8 Å². The van der Waals surface area contributed by atoms with Gasteiger partial charge in [0, 0.05) is 36.5 Å². The summed E-state index contributed by atoms with van der Waals surface area (Å²) in [4.78, 5) is 23.3. The summed E-state index contributed by atoms with van der Waals surface area (Å²) < 4.78 is 1.94. The summed E-state index contributed by atoms with van der Waals surface area (Å²) in [7, 11) is 0. The minimum atomic E-state index is -0.236. The molecular weight excluding hydrogens is 354 g/mol. The maximum atomic E-state index is 12.2. The number of hydrogen-bond donors (Lipinski definition) is 2. The molecule has 0 saturated heterocycles. The van der Waals surface area contributed by atoms with Crippen LogP contribution in [-0.4, -0.2) is 26.6 Å². The van der Waals surface area contributed by atoms with Crippen LogP contribution in [0.25, 0.3) is 17.5 Å². The second kappa shape index (κ2) is 8.77. The van der Waals surface area contributed by atoms with E-state index in [0.29, 0.717) is 11.4 Å². The first-order valence-corrected chi connectivity index (χ1v) is 8.90. The van der Waals surface area contributed by atoms with Crippen LogP contribution in [0.1, 0.15) is 19.4 Å². The lowest BCUT2D eigenvalue weighted by atomic mass is 10.1. The zero-order valence-electron chi connectivity index (χ0n) is 15.7. The molecule has 2 N–H and O–H groups in total. The van der Waals surface area contributed by atoms with Crippen LogP contribution < -0.4 is 10.6 Å². The summed E-state index contributed by atoms with van der Waals surface area (Å²) in [5.74, 6) is 0.399. The third-order valence-corrected chi connectivity index (χ3v) is 4.00. The quantitative estimate of drug-likeness (QED) is 0.645. The SMILES string of the molecule is CCn1cnnc1-c1cccc(NC(=O)/C=C/c2ccc(NC(C)=O)cc2)c1. The Morgan fingerprint density at radius 2 is 1.86 bits per heavy atom. The monoisotopic (exact) mass is 375 g/mol. The fourth-order valence-electron chi connectivity index (χ4n) is 2.68. The molecule has 7 heteroatoms. The number of aryl methyl sites for hydroxylation is 1. The van der Waals surface area contributed by atoms with Crippen molar-refractivity contribution in [3.05, 3.63) is 66.5 Å². The molecule has 0 unspecified atom stereocenters. The molecule has 0 radical (unpaired) electrons. The Bertz CT molecular complexity index is 1010. The molecule has 0 atom stereocenters. The third kappa shape index (κ3) is 4.91. The smallest absolute Gasteiger partial charge is 0.248 e. The average molecular weight is 375 g/mol. The Labute approximate surface area is 163 Å². The number of anilines is 2. The molecule has 0 bridgehead atoms. The van der Waals surface area contributed by atoms with E-state index >= 15 is 0 Å². The van der Waals surface area contributed by atoms with Crippen molar-refractivity contribution in [3.8, 4) is 11.4 Å². The van der Waals surface area contributed by atoms with Crippen LogP contribution >= 0.6 is 0 Å². The highest BCUT2D eigenvalue weighted by atomic mass is 16.2. The maximum Gasteiger partial charge on any atom is 0.248 e. The minimum Gasteiger partial charge on any atom is -0.326 e. The van der Waals surface area contributed by atoms with Crippen LogP contribution in [0.2, 0.25) is 0 Å². The topological polar surface area (TPSA) is 88.9 Å². The van der Waals surface area contributed by atoms with Crippen molar-refractivity contribution in [1.82, 2.24) is 14.8 Å². The van der Waals surface area contributed by atoms with Crippen LogP contribution in [-0.2, 0) is 16.1 Å². The lowest BCUT2D eigenvalue weighted by Crippen LogP contribution is -2.08. The van der Waals surface area contributed by atoms with Crippen molar-refractivity contribution in [2.75, 3.05) is 10.6 Å². The van der Waals surface area contributed by atoms with Crippen LogP contribution in [0.4, 0.5) is 11.4 Å². The standard InChI is InChI=1S/C21H21N5O2/c1-3-26-14-22-25-21(26)17-5-4-6-19(13-17)24-20(28)12-9-16-7-10-18(11-8-16)23-15(2)27/h4-14H,3H2,1-2H3,(H,23,27)(H,24,28)/b12-9+. The Kier molecular flexibility index (Phi) is 5.96. The Morgan fingerprint density at radius 3 is 2.57 bits per heavy atom. The van der Waals surface area contributed by atoms with Crippen molar-refractivity contribution in [2.24, 2.45) is 0 Å². The van der Waals surface area contributed by atoms with Crippen molar-refractivity contribution in [1.29, 1.82) is 0 Å². The first-order chi connectivity index (χ1) is 13.5. The zero-order valence-corrected chi connectivity index (χ0v) is 15.7. The van der Waals surface area contributed by atoms with Gasteiger partial charge >= 0.3 is 0 Å². The van der Waals surface area contributed by atoms with Gasteiger partial charge in [0.25, 0.3) is 0 Å². The zero-order chi connectivity index (χ0) is 19.9. The largest absolute Gasteiger partial charge is 0.326 e. The number of hydrogen-bond acceptors (Lipinski definition) is 4. The van der Waals surface area contributed by atoms with Crippen LogP contribution in [0.5, 0.6) is 0 Å². The van der Waals surface area contributed by atoms with E-state index in [2.05, 4.69) is 20.8 Å². The van der Waals surface area contributed by atoms with Crippen molar-refractivity contribution in [3.63, 3.8) is 0 Å². The molecule has 2 amide bonds. The van der Waals surface area contributed by atoms with E-state index in [0.717, 1.165) is 23.5 Å². The number of amides is 2. The Balaban J connectivity index is 1.65. The lowest BCUT2D eigenvalue weighted by Gasteiger charge is -2.06. The van der Waals surface area contributed by atoms with E-state index in [1.54, 1.807) is 24.5 Å². The van der Waals surface area contributed by atoms with Crippen molar-refractivity contribution >= 4 is 29.3 Å².